The highest BCUT2D eigenvalue weighted by atomic mass is 35.5. The largest absolute Gasteiger partial charge is 0.370 e. The van der Waals surface area contributed by atoms with E-state index in [9.17, 15) is 4.39 Å². The van der Waals surface area contributed by atoms with Crippen LogP contribution in [-0.4, -0.2) is 24.1 Å². The van der Waals surface area contributed by atoms with Gasteiger partial charge in [-0.05, 0) is 60.7 Å². The molecule has 1 aliphatic heterocycles. The van der Waals surface area contributed by atoms with Crippen LogP contribution in [0.2, 0.25) is 5.02 Å². The molecule has 2 aromatic carbocycles. The highest BCUT2D eigenvalue weighted by Crippen LogP contribution is 2.40. The third kappa shape index (κ3) is 3.89. The molecule has 1 saturated heterocycles. The second-order valence-electron chi connectivity index (χ2n) is 7.43. The van der Waals surface area contributed by atoms with E-state index in [1.807, 2.05) is 49.6 Å². The van der Waals surface area contributed by atoms with Crippen LogP contribution in [-0.2, 0) is 0 Å². The van der Waals surface area contributed by atoms with Gasteiger partial charge < -0.3 is 10.6 Å². The molecule has 0 saturated carbocycles. The number of nitrogens with two attached hydrogens (primary N) is 1. The predicted octanol–water partition coefficient (Wildman–Crippen LogP) is 5.44. The lowest BCUT2D eigenvalue weighted by Crippen LogP contribution is -2.40. The average molecular weight is 396 g/mol. The smallest absolute Gasteiger partial charge is 0.124 e. The lowest BCUT2D eigenvalue weighted by molar-refractivity contribution is 0.501. The quantitative estimate of drug-likeness (QED) is 0.641. The Bertz CT molecular complexity index is 959. The summed E-state index contributed by atoms with van der Waals surface area (Å²) >= 11 is 6.08. The molecule has 144 valence electrons. The molecular formula is C23H23ClFN3. The van der Waals surface area contributed by atoms with E-state index in [0.29, 0.717) is 5.02 Å². The summed E-state index contributed by atoms with van der Waals surface area (Å²) in [5.74, 6) is -0.237. The first-order valence-electron chi connectivity index (χ1n) is 9.53. The minimum atomic E-state index is -0.237. The molecule has 28 heavy (non-hydrogen) atoms. The molecule has 2 N–H and O–H groups in total. The Kier molecular flexibility index (Phi) is 5.33. The Balaban J connectivity index is 1.90. The van der Waals surface area contributed by atoms with Gasteiger partial charge in [0, 0.05) is 47.7 Å². The fraction of sp³-hybridized carbons (Fsp3) is 0.261. The molecule has 0 radical (unpaired) electrons. The van der Waals surface area contributed by atoms with Crippen molar-refractivity contribution < 1.29 is 4.39 Å². The lowest BCUT2D eigenvalue weighted by atomic mass is 9.95. The van der Waals surface area contributed by atoms with Crippen LogP contribution in [0.3, 0.4) is 0 Å². The number of rotatable bonds is 3. The second kappa shape index (κ2) is 7.90. The van der Waals surface area contributed by atoms with Crippen LogP contribution in [0.5, 0.6) is 0 Å². The first kappa shape index (κ1) is 18.9. The number of hydrogen-bond donors (Lipinski definition) is 1. The van der Waals surface area contributed by atoms with Crippen molar-refractivity contribution in [3.63, 3.8) is 0 Å². The van der Waals surface area contributed by atoms with E-state index < -0.39 is 0 Å². The van der Waals surface area contributed by atoms with Gasteiger partial charge >= 0.3 is 0 Å². The maximum Gasteiger partial charge on any atom is 0.124 e. The van der Waals surface area contributed by atoms with Gasteiger partial charge in [-0.15, -0.1) is 0 Å². The van der Waals surface area contributed by atoms with Gasteiger partial charge in [0.15, 0.2) is 0 Å². The second-order valence-corrected chi connectivity index (χ2v) is 7.87. The van der Waals surface area contributed by atoms with Gasteiger partial charge in [0.1, 0.15) is 5.82 Å². The van der Waals surface area contributed by atoms with Crippen molar-refractivity contribution >= 4 is 17.3 Å². The van der Waals surface area contributed by atoms with Crippen LogP contribution in [0.4, 0.5) is 10.1 Å². The van der Waals surface area contributed by atoms with Gasteiger partial charge in [-0.1, -0.05) is 29.8 Å². The van der Waals surface area contributed by atoms with Crippen LogP contribution in [0.1, 0.15) is 18.4 Å². The number of aromatic nitrogens is 1. The zero-order valence-corrected chi connectivity index (χ0v) is 16.6. The molecule has 0 unspecified atom stereocenters. The van der Waals surface area contributed by atoms with Crippen LogP contribution in [0.25, 0.3) is 22.3 Å². The Morgan fingerprint density at radius 2 is 1.64 bits per heavy atom. The average Bonchev–Trinajstić information content (AvgIpc) is 2.68. The number of hydrogen-bond acceptors (Lipinski definition) is 3. The molecule has 1 fully saturated rings. The molecule has 4 rings (SSSR count). The summed E-state index contributed by atoms with van der Waals surface area (Å²) in [4.78, 5) is 6.83. The van der Waals surface area contributed by atoms with Crippen molar-refractivity contribution in [1.29, 1.82) is 0 Å². The van der Waals surface area contributed by atoms with Crippen molar-refractivity contribution in [2.45, 2.75) is 25.8 Å². The van der Waals surface area contributed by atoms with Gasteiger partial charge in [0.2, 0.25) is 0 Å². The van der Waals surface area contributed by atoms with E-state index in [1.165, 1.54) is 0 Å². The zero-order valence-electron chi connectivity index (χ0n) is 15.8. The monoisotopic (exact) mass is 395 g/mol. The van der Waals surface area contributed by atoms with Gasteiger partial charge in [-0.25, -0.2) is 4.39 Å². The summed E-state index contributed by atoms with van der Waals surface area (Å²) in [5, 5.41) is 0.694. The normalized spacial score (nSPS) is 15.1. The van der Waals surface area contributed by atoms with Crippen molar-refractivity contribution in [2.24, 2.45) is 5.73 Å². The van der Waals surface area contributed by atoms with Gasteiger partial charge in [-0.2, -0.15) is 0 Å². The van der Waals surface area contributed by atoms with Crippen LogP contribution < -0.4 is 10.6 Å². The van der Waals surface area contributed by atoms with E-state index in [1.54, 1.807) is 12.1 Å². The minimum absolute atomic E-state index is 0.233. The van der Waals surface area contributed by atoms with Crippen LogP contribution >= 0.6 is 11.6 Å². The van der Waals surface area contributed by atoms with E-state index in [-0.39, 0.29) is 11.9 Å². The number of halogens is 2. The lowest BCUT2D eigenvalue weighted by Gasteiger charge is -2.35. The molecule has 3 nitrogen and oxygen atoms in total. The van der Waals surface area contributed by atoms with E-state index in [4.69, 9.17) is 17.3 Å². The Labute approximate surface area is 170 Å². The molecule has 0 atom stereocenters. The number of aryl methyl sites for hydroxylation is 1. The first-order chi connectivity index (χ1) is 13.5. The number of benzene rings is 2. The molecule has 0 bridgehead atoms. The SMILES string of the molecule is Cc1cc(F)cc(-c2cncc(-c3ccc(Cl)cc3)c2N2CCC(N)CC2)c1. The fourth-order valence-corrected chi connectivity index (χ4v) is 3.99. The molecule has 3 aromatic rings. The zero-order chi connectivity index (χ0) is 19.7. The van der Waals surface area contributed by atoms with Crippen molar-refractivity contribution in [3.05, 3.63) is 71.3 Å². The molecule has 0 amide bonds. The van der Waals surface area contributed by atoms with Crippen molar-refractivity contribution in [1.82, 2.24) is 4.98 Å². The Hall–Kier alpha value is -2.43. The topological polar surface area (TPSA) is 42.2 Å². The summed E-state index contributed by atoms with van der Waals surface area (Å²) < 4.78 is 14.1. The van der Waals surface area contributed by atoms with Crippen molar-refractivity contribution in [2.75, 3.05) is 18.0 Å². The van der Waals surface area contributed by atoms with E-state index in [0.717, 1.165) is 59.4 Å². The van der Waals surface area contributed by atoms with Gasteiger partial charge in [0.05, 0.1) is 5.69 Å². The Morgan fingerprint density at radius 1 is 1.00 bits per heavy atom. The molecule has 5 heteroatoms. The number of pyridine rings is 1. The number of piperidine rings is 1. The minimum Gasteiger partial charge on any atom is -0.370 e. The standard InChI is InChI=1S/C23H23ClFN3/c1-15-10-17(12-19(25)11-15)22-14-27-13-21(16-2-4-18(24)5-3-16)23(22)28-8-6-20(26)7-9-28/h2-5,10-14,20H,6-9,26H2,1H3. The molecule has 1 aliphatic rings. The predicted molar refractivity (Wildman–Crippen MR) is 114 cm³/mol. The van der Waals surface area contributed by atoms with Crippen LogP contribution in [0.15, 0.2) is 54.9 Å². The van der Waals surface area contributed by atoms with E-state index in [2.05, 4.69) is 9.88 Å². The number of anilines is 1. The summed E-state index contributed by atoms with van der Waals surface area (Å²) in [6.45, 7) is 3.64. The summed E-state index contributed by atoms with van der Waals surface area (Å²) in [6, 6.07) is 13.1. The van der Waals surface area contributed by atoms with Crippen LogP contribution in [0, 0.1) is 12.7 Å². The van der Waals surface area contributed by atoms with Gasteiger partial charge in [-0.3, -0.25) is 4.98 Å². The maximum absolute atomic E-state index is 14.1. The highest BCUT2D eigenvalue weighted by Gasteiger charge is 2.23. The summed E-state index contributed by atoms with van der Waals surface area (Å²) in [6.07, 6.45) is 5.58. The highest BCUT2D eigenvalue weighted by molar-refractivity contribution is 6.30. The summed E-state index contributed by atoms with van der Waals surface area (Å²) in [7, 11) is 0. The molecule has 2 heterocycles. The van der Waals surface area contributed by atoms with Gasteiger partial charge in [0.25, 0.3) is 0 Å². The third-order valence-electron chi connectivity index (χ3n) is 5.28. The maximum atomic E-state index is 14.1. The first-order valence-corrected chi connectivity index (χ1v) is 9.91. The molecular weight excluding hydrogens is 373 g/mol. The Morgan fingerprint density at radius 3 is 2.29 bits per heavy atom. The summed E-state index contributed by atoms with van der Waals surface area (Å²) in [5.41, 5.74) is 11.9. The van der Waals surface area contributed by atoms with E-state index >= 15 is 0 Å². The molecule has 0 aliphatic carbocycles. The third-order valence-corrected chi connectivity index (χ3v) is 5.53. The molecule has 0 spiro atoms. The van der Waals surface area contributed by atoms with Crippen molar-refractivity contribution in [3.8, 4) is 22.3 Å². The fourth-order valence-electron chi connectivity index (χ4n) is 3.86. The number of nitrogens with zero attached hydrogens (tertiary/aromatic N) is 2. The molecule has 1 aromatic heterocycles.